The van der Waals surface area contributed by atoms with Crippen LogP contribution in [0.1, 0.15) is 19.3 Å². The molecule has 3 heterocycles. The number of aromatic nitrogens is 4. The van der Waals surface area contributed by atoms with Crippen LogP contribution in [0.25, 0.3) is 27.8 Å². The van der Waals surface area contributed by atoms with Crippen LogP contribution in [-0.2, 0) is 10.8 Å². The van der Waals surface area contributed by atoms with Crippen molar-refractivity contribution in [1.29, 1.82) is 0 Å². The van der Waals surface area contributed by atoms with Crippen LogP contribution in [0.15, 0.2) is 66.0 Å². The van der Waals surface area contributed by atoms with E-state index in [2.05, 4.69) is 21.1 Å². The number of hydrogen-bond donors (Lipinski definition) is 0. The van der Waals surface area contributed by atoms with Gasteiger partial charge in [0.25, 0.3) is 0 Å². The predicted molar refractivity (Wildman–Crippen MR) is 113 cm³/mol. The van der Waals surface area contributed by atoms with E-state index in [1.165, 1.54) is 6.42 Å². The second kappa shape index (κ2) is 7.40. The van der Waals surface area contributed by atoms with Crippen LogP contribution < -0.4 is 4.74 Å². The number of methoxy groups -OCH3 is 1. The van der Waals surface area contributed by atoms with Crippen LogP contribution in [0.4, 0.5) is 0 Å². The van der Waals surface area contributed by atoms with E-state index in [4.69, 9.17) is 4.74 Å². The number of benzene rings is 1. The molecule has 1 fully saturated rings. The molecule has 1 aliphatic rings. The summed E-state index contributed by atoms with van der Waals surface area (Å²) in [6.45, 7) is 0. The first-order chi connectivity index (χ1) is 14.2. The van der Waals surface area contributed by atoms with Crippen molar-refractivity contribution < 1.29 is 8.95 Å². The fraction of sp³-hybridized carbons (Fsp3) is 0.227. The Balaban J connectivity index is 1.49. The van der Waals surface area contributed by atoms with Gasteiger partial charge in [-0.1, -0.05) is 18.6 Å². The van der Waals surface area contributed by atoms with E-state index >= 15 is 0 Å². The van der Waals surface area contributed by atoms with Gasteiger partial charge in [-0.2, -0.15) is 5.10 Å². The molecule has 0 unspecified atom stereocenters. The van der Waals surface area contributed by atoms with Crippen LogP contribution in [0.2, 0.25) is 0 Å². The first-order valence-corrected chi connectivity index (χ1v) is 10.8. The maximum Gasteiger partial charge on any atom is 0.212 e. The molecular formula is C22H20N4O2S. The van der Waals surface area contributed by atoms with Crippen LogP contribution in [-0.4, -0.2) is 36.3 Å². The van der Waals surface area contributed by atoms with E-state index in [1.807, 2.05) is 41.1 Å². The number of fused-ring (bicyclic) bond motifs is 1. The third kappa shape index (κ3) is 3.31. The van der Waals surface area contributed by atoms with Gasteiger partial charge in [-0.3, -0.25) is 4.21 Å². The van der Waals surface area contributed by atoms with E-state index in [0.717, 1.165) is 45.6 Å². The molecule has 4 aromatic rings. The normalized spacial score (nSPS) is 15.2. The van der Waals surface area contributed by atoms with Gasteiger partial charge in [-0.25, -0.2) is 14.6 Å². The lowest BCUT2D eigenvalue weighted by Gasteiger charge is -2.24. The zero-order valence-electron chi connectivity index (χ0n) is 16.0. The van der Waals surface area contributed by atoms with Crippen LogP contribution >= 0.6 is 0 Å². The Bertz CT molecular complexity index is 1200. The van der Waals surface area contributed by atoms with E-state index < -0.39 is 10.8 Å². The molecule has 1 atom stereocenters. The lowest BCUT2D eigenvalue weighted by molar-refractivity contribution is 0.398. The van der Waals surface area contributed by atoms with Gasteiger partial charge in [-0.15, -0.1) is 0 Å². The summed E-state index contributed by atoms with van der Waals surface area (Å²) in [5.74, 6) is 0.585. The van der Waals surface area contributed by atoms with Crippen molar-refractivity contribution in [2.24, 2.45) is 0 Å². The van der Waals surface area contributed by atoms with Gasteiger partial charge in [0, 0.05) is 34.7 Å². The fourth-order valence-corrected chi connectivity index (χ4v) is 5.01. The van der Waals surface area contributed by atoms with Gasteiger partial charge in [0.05, 0.1) is 34.7 Å². The Morgan fingerprint density at radius 3 is 2.66 bits per heavy atom. The lowest BCUT2D eigenvalue weighted by atomic mass is 10.0. The highest BCUT2D eigenvalue weighted by molar-refractivity contribution is 7.85. The third-order valence-corrected chi connectivity index (χ3v) is 7.10. The van der Waals surface area contributed by atoms with Crippen molar-refractivity contribution in [3.05, 3.63) is 61.1 Å². The number of hydrogen-bond acceptors (Lipinski definition) is 5. The summed E-state index contributed by atoms with van der Waals surface area (Å²) >= 11 is 0. The van der Waals surface area contributed by atoms with Gasteiger partial charge in [-0.05, 0) is 42.7 Å². The van der Waals surface area contributed by atoms with E-state index in [0.29, 0.717) is 5.88 Å². The van der Waals surface area contributed by atoms with Crippen LogP contribution in [0, 0.1) is 0 Å². The van der Waals surface area contributed by atoms with Gasteiger partial charge in [0.1, 0.15) is 0 Å². The first-order valence-electron chi connectivity index (χ1n) is 9.58. The molecule has 0 bridgehead atoms. The standard InChI is InChI=1S/C22H20N4O2S/c1-28-21-9-8-16(12-23-21)15-4-2-5-18(10-15)26-22-17(13-25-26)11-20(14-24-22)29(27)19-6-3-7-19/h2,4-5,8-14,19H,3,6-7H2,1H3/t29-/m0/s1. The Labute approximate surface area is 171 Å². The van der Waals surface area contributed by atoms with E-state index in [-0.39, 0.29) is 5.25 Å². The number of nitrogens with zero attached hydrogens (tertiary/aromatic N) is 4. The van der Waals surface area contributed by atoms with Gasteiger partial charge in [0.15, 0.2) is 5.65 Å². The molecule has 0 amide bonds. The highest BCUT2D eigenvalue weighted by Gasteiger charge is 2.25. The summed E-state index contributed by atoms with van der Waals surface area (Å²) in [7, 11) is 0.622. The largest absolute Gasteiger partial charge is 0.481 e. The average molecular weight is 404 g/mol. The Morgan fingerprint density at radius 2 is 1.93 bits per heavy atom. The molecule has 0 aliphatic heterocycles. The molecule has 0 radical (unpaired) electrons. The topological polar surface area (TPSA) is 69.9 Å². The molecule has 0 spiro atoms. The van der Waals surface area contributed by atoms with E-state index in [1.54, 1.807) is 25.7 Å². The highest BCUT2D eigenvalue weighted by atomic mass is 32.2. The van der Waals surface area contributed by atoms with Crippen molar-refractivity contribution in [2.45, 2.75) is 29.4 Å². The minimum atomic E-state index is -0.981. The van der Waals surface area contributed by atoms with Gasteiger partial charge in [0.2, 0.25) is 5.88 Å². The smallest absolute Gasteiger partial charge is 0.212 e. The molecule has 5 rings (SSSR count). The molecule has 0 N–H and O–H groups in total. The van der Waals surface area contributed by atoms with Crippen molar-refractivity contribution in [1.82, 2.24) is 19.7 Å². The molecule has 146 valence electrons. The number of rotatable bonds is 5. The summed E-state index contributed by atoms with van der Waals surface area (Å²) in [6, 6.07) is 13.8. The average Bonchev–Trinajstić information content (AvgIpc) is 3.16. The molecular weight excluding hydrogens is 384 g/mol. The SMILES string of the molecule is COc1ccc(-c2cccc(-n3ncc4cc([S@@](=O)C5CCC5)cnc43)c2)cn1. The zero-order valence-corrected chi connectivity index (χ0v) is 16.8. The van der Waals surface area contributed by atoms with Crippen LogP contribution in [0.5, 0.6) is 5.88 Å². The fourth-order valence-electron chi connectivity index (χ4n) is 3.47. The molecule has 1 aliphatic carbocycles. The lowest BCUT2D eigenvalue weighted by Crippen LogP contribution is -2.23. The maximum atomic E-state index is 12.6. The van der Waals surface area contributed by atoms with Gasteiger partial charge < -0.3 is 4.74 Å². The Kier molecular flexibility index (Phi) is 4.60. The summed E-state index contributed by atoms with van der Waals surface area (Å²) in [5, 5.41) is 5.70. The Hall–Kier alpha value is -3.06. The summed E-state index contributed by atoms with van der Waals surface area (Å²) in [5.41, 5.74) is 3.69. The molecule has 1 saturated carbocycles. The minimum Gasteiger partial charge on any atom is -0.481 e. The monoisotopic (exact) mass is 404 g/mol. The molecule has 1 aromatic carbocycles. The number of pyridine rings is 2. The molecule has 29 heavy (non-hydrogen) atoms. The second-order valence-corrected chi connectivity index (χ2v) is 8.86. The highest BCUT2D eigenvalue weighted by Crippen LogP contribution is 2.29. The summed E-state index contributed by atoms with van der Waals surface area (Å²) in [4.78, 5) is 9.66. The number of ether oxygens (including phenoxy) is 1. The molecule has 7 heteroatoms. The minimum absolute atomic E-state index is 0.277. The summed E-state index contributed by atoms with van der Waals surface area (Å²) < 4.78 is 19.6. The van der Waals surface area contributed by atoms with Crippen LogP contribution in [0.3, 0.4) is 0 Å². The molecule has 3 aromatic heterocycles. The molecule has 6 nitrogen and oxygen atoms in total. The van der Waals surface area contributed by atoms with Crippen molar-refractivity contribution in [3.63, 3.8) is 0 Å². The zero-order chi connectivity index (χ0) is 19.8. The quantitative estimate of drug-likeness (QED) is 0.500. The van der Waals surface area contributed by atoms with Crippen molar-refractivity contribution in [2.75, 3.05) is 7.11 Å². The predicted octanol–water partition coefficient (Wildman–Crippen LogP) is 4.15. The van der Waals surface area contributed by atoms with Gasteiger partial charge >= 0.3 is 0 Å². The second-order valence-electron chi connectivity index (χ2n) is 7.13. The van der Waals surface area contributed by atoms with E-state index in [9.17, 15) is 4.21 Å². The first kappa shape index (κ1) is 18.0. The van der Waals surface area contributed by atoms with Crippen molar-refractivity contribution >= 4 is 21.8 Å². The molecule has 0 saturated heterocycles. The van der Waals surface area contributed by atoms with Crippen molar-refractivity contribution in [3.8, 4) is 22.7 Å². The maximum absolute atomic E-state index is 12.6. The third-order valence-electron chi connectivity index (χ3n) is 5.34. The summed E-state index contributed by atoms with van der Waals surface area (Å²) in [6.07, 6.45) is 8.55. The Morgan fingerprint density at radius 1 is 1.03 bits per heavy atom.